The molecule has 0 radical (unpaired) electrons. The van der Waals surface area contributed by atoms with Crippen molar-refractivity contribution in [3.05, 3.63) is 23.2 Å². The molecule has 104 valence electrons. The lowest BCUT2D eigenvalue weighted by atomic mass is 9.89. The highest BCUT2D eigenvalue weighted by Gasteiger charge is 2.31. The normalized spacial score (nSPS) is 17.9. The number of fused-ring (bicyclic) bond motifs is 3. The maximum absolute atomic E-state index is 5.58. The minimum absolute atomic E-state index is 0.412. The molecule has 1 saturated carbocycles. The number of hydrogen-bond donors (Lipinski definition) is 0. The van der Waals surface area contributed by atoms with Gasteiger partial charge < -0.3 is 9.26 Å². The largest absolute Gasteiger partial charge is 0.467 e. The first-order valence-electron chi connectivity index (χ1n) is 7.25. The van der Waals surface area contributed by atoms with Gasteiger partial charge in [0.15, 0.2) is 0 Å². The topological polar surface area (TPSA) is 61.0 Å². The van der Waals surface area contributed by atoms with Crippen LogP contribution in [0, 0.1) is 0 Å². The van der Waals surface area contributed by atoms with Crippen LogP contribution in [0.5, 0.6) is 6.01 Å². The van der Waals surface area contributed by atoms with E-state index in [0.29, 0.717) is 11.9 Å². The maximum atomic E-state index is 5.58. The highest BCUT2D eigenvalue weighted by atomic mass is 16.5. The molecule has 0 spiro atoms. The van der Waals surface area contributed by atoms with Gasteiger partial charge in [0.25, 0.3) is 0 Å². The Hall–Kier alpha value is -1.91. The van der Waals surface area contributed by atoms with Gasteiger partial charge in [-0.15, -0.1) is 0 Å². The monoisotopic (exact) mass is 271 g/mol. The summed E-state index contributed by atoms with van der Waals surface area (Å²) in [7, 11) is 1.59. The van der Waals surface area contributed by atoms with Crippen molar-refractivity contribution >= 4 is 0 Å². The fourth-order valence-electron chi connectivity index (χ4n) is 3.38. The smallest absolute Gasteiger partial charge is 0.316 e. The number of ether oxygens (including phenoxy) is 1. The van der Waals surface area contributed by atoms with Crippen molar-refractivity contribution in [1.82, 2.24) is 15.1 Å². The molecule has 4 rings (SSSR count). The highest BCUT2D eigenvalue weighted by molar-refractivity contribution is 5.70. The summed E-state index contributed by atoms with van der Waals surface area (Å²) in [6, 6.07) is 0.412. The molecule has 0 unspecified atom stereocenters. The van der Waals surface area contributed by atoms with E-state index in [2.05, 4.69) is 15.1 Å². The first kappa shape index (κ1) is 11.9. The molecule has 0 saturated heterocycles. The van der Waals surface area contributed by atoms with Gasteiger partial charge in [-0.3, -0.25) is 0 Å². The van der Waals surface area contributed by atoms with Gasteiger partial charge in [0.1, 0.15) is 5.76 Å². The lowest BCUT2D eigenvalue weighted by Crippen LogP contribution is -2.08. The van der Waals surface area contributed by atoms with Crippen molar-refractivity contribution in [3.63, 3.8) is 0 Å². The number of hydrogen-bond acceptors (Lipinski definition) is 5. The lowest BCUT2D eigenvalue weighted by molar-refractivity contribution is 0.370. The molecular formula is C15H17N3O2. The summed E-state index contributed by atoms with van der Waals surface area (Å²) in [5.41, 5.74) is 4.33. The van der Waals surface area contributed by atoms with Crippen molar-refractivity contribution in [2.75, 3.05) is 7.11 Å². The third-order valence-electron chi connectivity index (χ3n) is 4.41. The van der Waals surface area contributed by atoms with Gasteiger partial charge in [0.05, 0.1) is 24.1 Å². The Bertz CT molecular complexity index is 645. The van der Waals surface area contributed by atoms with Gasteiger partial charge in [0.2, 0.25) is 0 Å². The number of aryl methyl sites for hydroxylation is 2. The lowest BCUT2D eigenvalue weighted by Gasteiger charge is -2.16. The Morgan fingerprint density at radius 1 is 1.25 bits per heavy atom. The third-order valence-corrected chi connectivity index (χ3v) is 4.41. The van der Waals surface area contributed by atoms with Crippen LogP contribution >= 0.6 is 0 Å². The van der Waals surface area contributed by atoms with E-state index in [1.165, 1.54) is 31.2 Å². The summed E-state index contributed by atoms with van der Waals surface area (Å²) in [4.78, 5) is 8.75. The molecule has 0 bridgehead atoms. The standard InChI is InChI=1S/C15H17N3O2/c1-19-15-16-8-10-6-7-11-12(13(10)17-15)14(18-20-11)9-4-2-3-5-9/h8-9H,2-7H2,1H3. The van der Waals surface area contributed by atoms with Gasteiger partial charge in [0, 0.05) is 18.5 Å². The first-order chi connectivity index (χ1) is 9.86. The molecule has 0 aliphatic heterocycles. The van der Waals surface area contributed by atoms with Crippen molar-refractivity contribution in [3.8, 4) is 17.3 Å². The molecule has 2 heterocycles. The second kappa shape index (κ2) is 4.58. The minimum atomic E-state index is 0.412. The zero-order valence-corrected chi connectivity index (χ0v) is 11.6. The second-order valence-electron chi connectivity index (χ2n) is 5.58. The van der Waals surface area contributed by atoms with Crippen LogP contribution in [0.25, 0.3) is 11.3 Å². The summed E-state index contributed by atoms with van der Waals surface area (Å²) < 4.78 is 10.7. The molecule has 2 aliphatic rings. The van der Waals surface area contributed by atoms with Crippen molar-refractivity contribution in [2.45, 2.75) is 44.4 Å². The summed E-state index contributed by atoms with van der Waals surface area (Å²) in [5, 5.41) is 4.36. The summed E-state index contributed by atoms with van der Waals surface area (Å²) in [6.07, 6.45) is 8.64. The highest BCUT2D eigenvalue weighted by Crippen LogP contribution is 2.42. The fraction of sp³-hybridized carbons (Fsp3) is 0.533. The molecule has 2 aromatic heterocycles. The molecule has 20 heavy (non-hydrogen) atoms. The Morgan fingerprint density at radius 3 is 2.90 bits per heavy atom. The predicted octanol–water partition coefficient (Wildman–Crippen LogP) is 2.90. The Kier molecular flexibility index (Phi) is 2.72. The first-order valence-corrected chi connectivity index (χ1v) is 7.25. The molecule has 0 amide bonds. The van der Waals surface area contributed by atoms with Gasteiger partial charge >= 0.3 is 6.01 Å². The van der Waals surface area contributed by atoms with Crippen LogP contribution < -0.4 is 4.74 Å². The van der Waals surface area contributed by atoms with Crippen molar-refractivity contribution in [1.29, 1.82) is 0 Å². The van der Waals surface area contributed by atoms with Crippen LogP contribution in [-0.2, 0) is 12.8 Å². The van der Waals surface area contributed by atoms with Gasteiger partial charge in [-0.2, -0.15) is 4.98 Å². The van der Waals surface area contributed by atoms with E-state index in [9.17, 15) is 0 Å². The summed E-state index contributed by atoms with van der Waals surface area (Å²) in [6.45, 7) is 0. The SMILES string of the molecule is COc1ncc2c(n1)-c1c(C3CCCC3)noc1CC2. The average Bonchev–Trinajstić information content (AvgIpc) is 3.15. The maximum Gasteiger partial charge on any atom is 0.316 e. The van der Waals surface area contributed by atoms with Gasteiger partial charge in [-0.25, -0.2) is 4.98 Å². The van der Waals surface area contributed by atoms with Crippen LogP contribution in [0.4, 0.5) is 0 Å². The molecule has 1 fully saturated rings. The Morgan fingerprint density at radius 2 is 2.10 bits per heavy atom. The molecular weight excluding hydrogens is 254 g/mol. The second-order valence-corrected chi connectivity index (χ2v) is 5.58. The van der Waals surface area contributed by atoms with E-state index in [4.69, 9.17) is 9.26 Å². The number of rotatable bonds is 2. The van der Waals surface area contributed by atoms with E-state index in [0.717, 1.165) is 35.6 Å². The quantitative estimate of drug-likeness (QED) is 0.840. The molecule has 5 nitrogen and oxygen atoms in total. The average molecular weight is 271 g/mol. The van der Waals surface area contributed by atoms with E-state index in [1.807, 2.05) is 6.20 Å². The molecule has 0 atom stereocenters. The molecule has 2 aliphatic carbocycles. The minimum Gasteiger partial charge on any atom is -0.467 e. The zero-order chi connectivity index (χ0) is 13.5. The summed E-state index contributed by atoms with van der Waals surface area (Å²) in [5.74, 6) is 1.49. The molecule has 2 aromatic rings. The number of nitrogens with zero attached hydrogens (tertiary/aromatic N) is 3. The van der Waals surface area contributed by atoms with Crippen LogP contribution in [0.2, 0.25) is 0 Å². The fourth-order valence-corrected chi connectivity index (χ4v) is 3.38. The van der Waals surface area contributed by atoms with Gasteiger partial charge in [-0.05, 0) is 24.8 Å². The van der Waals surface area contributed by atoms with E-state index < -0.39 is 0 Å². The number of methoxy groups -OCH3 is 1. The Labute approximate surface area is 117 Å². The van der Waals surface area contributed by atoms with Crippen LogP contribution in [-0.4, -0.2) is 22.2 Å². The van der Waals surface area contributed by atoms with Crippen LogP contribution in [0.3, 0.4) is 0 Å². The zero-order valence-electron chi connectivity index (χ0n) is 11.6. The van der Waals surface area contributed by atoms with E-state index in [-0.39, 0.29) is 0 Å². The van der Waals surface area contributed by atoms with Crippen LogP contribution in [0.1, 0.15) is 48.6 Å². The van der Waals surface area contributed by atoms with Gasteiger partial charge in [-0.1, -0.05) is 18.0 Å². The molecule has 0 aromatic carbocycles. The van der Waals surface area contributed by atoms with Crippen LogP contribution in [0.15, 0.2) is 10.7 Å². The molecule has 0 N–H and O–H groups in total. The van der Waals surface area contributed by atoms with E-state index in [1.54, 1.807) is 7.11 Å². The Balaban J connectivity index is 1.86. The summed E-state index contributed by atoms with van der Waals surface area (Å²) >= 11 is 0. The number of aromatic nitrogens is 3. The van der Waals surface area contributed by atoms with Crippen molar-refractivity contribution in [2.24, 2.45) is 0 Å². The third kappa shape index (κ3) is 1.72. The van der Waals surface area contributed by atoms with Crippen molar-refractivity contribution < 1.29 is 9.26 Å². The predicted molar refractivity (Wildman–Crippen MR) is 72.7 cm³/mol. The van der Waals surface area contributed by atoms with E-state index >= 15 is 0 Å². The molecule has 5 heteroatoms.